The van der Waals surface area contributed by atoms with Gasteiger partial charge in [0, 0.05) is 16.6 Å². The molecule has 3 rings (SSSR count). The summed E-state index contributed by atoms with van der Waals surface area (Å²) < 4.78 is 0. The van der Waals surface area contributed by atoms with E-state index in [1.807, 2.05) is 37.3 Å². The van der Waals surface area contributed by atoms with Crippen LogP contribution in [0.2, 0.25) is 0 Å². The number of benzene rings is 1. The molecule has 2 aromatic rings. The molecule has 1 aliphatic rings. The molecule has 1 aromatic heterocycles. The quantitative estimate of drug-likeness (QED) is 0.869. The van der Waals surface area contributed by atoms with Crippen LogP contribution in [0, 0.1) is 6.92 Å². The van der Waals surface area contributed by atoms with Gasteiger partial charge in [0.05, 0.1) is 11.1 Å². The van der Waals surface area contributed by atoms with Crippen molar-refractivity contribution in [2.45, 2.75) is 38.6 Å². The number of nitrogens with one attached hydrogen (secondary N) is 1. The third-order valence-corrected chi connectivity index (χ3v) is 4.37. The monoisotopic (exact) mass is 268 g/mol. The Morgan fingerprint density at radius 2 is 2.20 bits per heavy atom. The van der Waals surface area contributed by atoms with Gasteiger partial charge < -0.3 is 5.32 Å². The van der Waals surface area contributed by atoms with Crippen LogP contribution in [0.3, 0.4) is 0 Å². The summed E-state index contributed by atoms with van der Waals surface area (Å²) in [5.41, 5.74) is 2.39. The lowest BCUT2D eigenvalue weighted by molar-refractivity contribution is 0.0864. The van der Waals surface area contributed by atoms with E-state index in [0.29, 0.717) is 0 Å². The van der Waals surface area contributed by atoms with Crippen molar-refractivity contribution in [3.63, 3.8) is 0 Å². The van der Waals surface area contributed by atoms with Gasteiger partial charge in [-0.05, 0) is 57.0 Å². The van der Waals surface area contributed by atoms with Crippen molar-refractivity contribution >= 4 is 16.7 Å². The van der Waals surface area contributed by atoms with Crippen LogP contribution in [0.5, 0.6) is 0 Å². The summed E-state index contributed by atoms with van der Waals surface area (Å²) in [6, 6.07) is 9.86. The Balaban J connectivity index is 2.01. The molecule has 1 N–H and O–H groups in total. The van der Waals surface area contributed by atoms with Crippen LogP contribution in [0.15, 0.2) is 30.3 Å². The van der Waals surface area contributed by atoms with Crippen molar-refractivity contribution in [3.8, 4) is 0 Å². The number of fused-ring (bicyclic) bond motifs is 1. The highest BCUT2D eigenvalue weighted by molar-refractivity contribution is 6.05. The maximum Gasteiger partial charge on any atom is 0.182 e. The fourth-order valence-electron chi connectivity index (χ4n) is 3.11. The second-order valence-corrected chi connectivity index (χ2v) is 5.66. The van der Waals surface area contributed by atoms with Gasteiger partial charge in [0.2, 0.25) is 0 Å². The van der Waals surface area contributed by atoms with Gasteiger partial charge in [-0.3, -0.25) is 9.78 Å². The summed E-state index contributed by atoms with van der Waals surface area (Å²) >= 11 is 0. The minimum absolute atomic E-state index is 0.222. The molecular formula is C17H20N2O. The number of carbonyl (C=O) groups excluding carboxylic acids is 1. The number of hydrogen-bond donors (Lipinski definition) is 1. The van der Waals surface area contributed by atoms with Crippen LogP contribution in [-0.2, 0) is 0 Å². The molecule has 1 aliphatic heterocycles. The lowest BCUT2D eigenvalue weighted by Gasteiger charge is -2.26. The van der Waals surface area contributed by atoms with E-state index in [4.69, 9.17) is 0 Å². The van der Waals surface area contributed by atoms with E-state index in [1.54, 1.807) is 0 Å². The molecule has 1 saturated heterocycles. The number of nitrogens with zero attached hydrogens (tertiary/aromatic N) is 1. The second kappa shape index (κ2) is 4.98. The van der Waals surface area contributed by atoms with Crippen molar-refractivity contribution in [2.75, 3.05) is 6.54 Å². The first kappa shape index (κ1) is 13.3. The van der Waals surface area contributed by atoms with Crippen LogP contribution in [0.4, 0.5) is 0 Å². The van der Waals surface area contributed by atoms with E-state index >= 15 is 0 Å². The van der Waals surface area contributed by atoms with Crippen LogP contribution in [0.25, 0.3) is 10.9 Å². The zero-order valence-corrected chi connectivity index (χ0v) is 12.1. The van der Waals surface area contributed by atoms with Gasteiger partial charge in [-0.1, -0.05) is 13.0 Å². The molecule has 0 spiro atoms. The Kier molecular flexibility index (Phi) is 3.30. The average molecular weight is 268 g/mol. The van der Waals surface area contributed by atoms with E-state index < -0.39 is 0 Å². The predicted molar refractivity (Wildman–Crippen MR) is 81.1 cm³/mol. The molecule has 1 atom stereocenters. The number of hydrogen-bond acceptors (Lipinski definition) is 3. The third kappa shape index (κ3) is 2.12. The Morgan fingerprint density at radius 1 is 1.35 bits per heavy atom. The zero-order chi connectivity index (χ0) is 14.2. The molecule has 104 valence electrons. The van der Waals surface area contributed by atoms with Gasteiger partial charge >= 0.3 is 0 Å². The van der Waals surface area contributed by atoms with Crippen molar-refractivity contribution in [1.82, 2.24) is 10.3 Å². The van der Waals surface area contributed by atoms with Crippen LogP contribution >= 0.6 is 0 Å². The SMILES string of the molecule is CCC1(C(=O)c2ccc3nc(C)ccc3c2)CCCN1. The van der Waals surface area contributed by atoms with E-state index in [-0.39, 0.29) is 11.3 Å². The first-order valence-corrected chi connectivity index (χ1v) is 7.32. The van der Waals surface area contributed by atoms with Gasteiger partial charge in [-0.25, -0.2) is 0 Å². The summed E-state index contributed by atoms with van der Waals surface area (Å²) in [5.74, 6) is 0.222. The molecule has 2 heterocycles. The Hall–Kier alpha value is -1.74. The summed E-state index contributed by atoms with van der Waals surface area (Å²) in [6.45, 7) is 5.00. The smallest absolute Gasteiger partial charge is 0.182 e. The molecule has 1 aromatic carbocycles. The molecule has 1 unspecified atom stereocenters. The third-order valence-electron chi connectivity index (χ3n) is 4.37. The molecule has 0 saturated carbocycles. The minimum Gasteiger partial charge on any atom is -0.305 e. The standard InChI is InChI=1S/C17H20N2O/c1-3-17(9-4-10-18-17)16(20)14-7-8-15-13(11-14)6-5-12(2)19-15/h5-8,11,18H,3-4,9-10H2,1-2H3. The van der Waals surface area contributed by atoms with Crippen molar-refractivity contribution in [3.05, 3.63) is 41.6 Å². The van der Waals surface area contributed by atoms with E-state index in [2.05, 4.69) is 17.2 Å². The van der Waals surface area contributed by atoms with Crippen molar-refractivity contribution < 1.29 is 4.79 Å². The number of aryl methyl sites for hydroxylation is 1. The number of rotatable bonds is 3. The number of ketones is 1. The second-order valence-electron chi connectivity index (χ2n) is 5.66. The Bertz CT molecular complexity index is 657. The largest absolute Gasteiger partial charge is 0.305 e. The Morgan fingerprint density at radius 3 is 2.90 bits per heavy atom. The minimum atomic E-state index is -0.355. The lowest BCUT2D eigenvalue weighted by atomic mass is 9.85. The molecule has 3 nitrogen and oxygen atoms in total. The van der Waals surface area contributed by atoms with Crippen LogP contribution in [0.1, 0.15) is 42.2 Å². The van der Waals surface area contributed by atoms with E-state index in [9.17, 15) is 4.79 Å². The lowest BCUT2D eigenvalue weighted by Crippen LogP contribution is -2.46. The van der Waals surface area contributed by atoms with Gasteiger partial charge in [0.25, 0.3) is 0 Å². The van der Waals surface area contributed by atoms with E-state index in [1.165, 1.54) is 0 Å². The molecule has 0 aliphatic carbocycles. The molecule has 3 heteroatoms. The zero-order valence-electron chi connectivity index (χ0n) is 12.1. The Labute approximate surface area is 119 Å². The average Bonchev–Trinajstić information content (AvgIpc) is 2.96. The number of Topliss-reactive ketones (excluding diaryl/α,β-unsaturated/α-hetero) is 1. The normalized spacial score (nSPS) is 22.3. The molecule has 0 amide bonds. The highest BCUT2D eigenvalue weighted by Crippen LogP contribution is 2.28. The highest BCUT2D eigenvalue weighted by atomic mass is 16.1. The first-order chi connectivity index (χ1) is 9.64. The van der Waals surface area contributed by atoms with Crippen LogP contribution < -0.4 is 5.32 Å². The fourth-order valence-corrected chi connectivity index (χ4v) is 3.11. The number of carbonyl (C=O) groups is 1. The summed E-state index contributed by atoms with van der Waals surface area (Å²) in [7, 11) is 0. The molecule has 20 heavy (non-hydrogen) atoms. The molecule has 0 bridgehead atoms. The van der Waals surface area contributed by atoms with Crippen LogP contribution in [-0.4, -0.2) is 22.9 Å². The predicted octanol–water partition coefficient (Wildman–Crippen LogP) is 3.26. The topological polar surface area (TPSA) is 42.0 Å². The molecule has 0 radical (unpaired) electrons. The van der Waals surface area contributed by atoms with Gasteiger partial charge in [-0.15, -0.1) is 0 Å². The maximum atomic E-state index is 12.8. The van der Waals surface area contributed by atoms with Gasteiger partial charge in [0.1, 0.15) is 0 Å². The molecule has 1 fully saturated rings. The maximum absolute atomic E-state index is 12.8. The summed E-state index contributed by atoms with van der Waals surface area (Å²) in [5, 5.41) is 4.44. The van der Waals surface area contributed by atoms with Gasteiger partial charge in [0.15, 0.2) is 5.78 Å². The number of pyridine rings is 1. The van der Waals surface area contributed by atoms with Crippen molar-refractivity contribution in [2.24, 2.45) is 0 Å². The highest BCUT2D eigenvalue weighted by Gasteiger charge is 2.39. The fraction of sp³-hybridized carbons (Fsp3) is 0.412. The van der Waals surface area contributed by atoms with Crippen molar-refractivity contribution in [1.29, 1.82) is 0 Å². The van der Waals surface area contributed by atoms with E-state index in [0.717, 1.165) is 48.0 Å². The first-order valence-electron chi connectivity index (χ1n) is 7.32. The van der Waals surface area contributed by atoms with Gasteiger partial charge in [-0.2, -0.15) is 0 Å². The summed E-state index contributed by atoms with van der Waals surface area (Å²) in [6.07, 6.45) is 2.86. The summed E-state index contributed by atoms with van der Waals surface area (Å²) in [4.78, 5) is 17.3. The number of aromatic nitrogens is 1. The molecular weight excluding hydrogens is 248 g/mol.